The summed E-state index contributed by atoms with van der Waals surface area (Å²) in [7, 11) is 0. The largest absolute Gasteiger partial charge is 0.353 e. The highest BCUT2D eigenvalue weighted by Crippen LogP contribution is 2.35. The van der Waals surface area contributed by atoms with Gasteiger partial charge in [-0.2, -0.15) is 0 Å². The molecule has 0 aliphatic heterocycles. The van der Waals surface area contributed by atoms with Crippen molar-refractivity contribution in [1.82, 2.24) is 9.97 Å². The fourth-order valence-corrected chi connectivity index (χ4v) is 3.27. The standard InChI is InChI=1S/C22H25N5O2/c1-3-25(15-18-11-7-5-8-12-18)21-20(27(28)29)22(24-17-23-21)26(4-2)16-19-13-9-6-10-14-19/h5-14,17H,3-4,15-16H2,1-2H3. The molecule has 0 N–H and O–H groups in total. The van der Waals surface area contributed by atoms with E-state index in [9.17, 15) is 10.1 Å². The highest BCUT2D eigenvalue weighted by atomic mass is 16.6. The Morgan fingerprint density at radius 2 is 1.21 bits per heavy atom. The van der Waals surface area contributed by atoms with Crippen molar-refractivity contribution in [2.75, 3.05) is 22.9 Å². The van der Waals surface area contributed by atoms with Crippen LogP contribution in [0.5, 0.6) is 0 Å². The minimum atomic E-state index is -0.369. The third-order valence-electron chi connectivity index (χ3n) is 4.76. The maximum Gasteiger partial charge on any atom is 0.353 e. The fraction of sp³-hybridized carbons (Fsp3) is 0.273. The summed E-state index contributed by atoms with van der Waals surface area (Å²) >= 11 is 0. The van der Waals surface area contributed by atoms with E-state index < -0.39 is 0 Å². The lowest BCUT2D eigenvalue weighted by molar-refractivity contribution is -0.383. The van der Waals surface area contributed by atoms with Gasteiger partial charge in [0.25, 0.3) is 0 Å². The summed E-state index contributed by atoms with van der Waals surface area (Å²) in [4.78, 5) is 24.1. The van der Waals surface area contributed by atoms with Gasteiger partial charge in [-0.15, -0.1) is 0 Å². The number of hydrogen-bond acceptors (Lipinski definition) is 6. The van der Waals surface area contributed by atoms with E-state index in [1.165, 1.54) is 6.33 Å². The van der Waals surface area contributed by atoms with Crippen LogP contribution in [-0.2, 0) is 13.1 Å². The average molecular weight is 391 g/mol. The van der Waals surface area contributed by atoms with Crippen LogP contribution in [0.25, 0.3) is 0 Å². The first-order valence-electron chi connectivity index (χ1n) is 9.71. The minimum Gasteiger partial charge on any atom is -0.347 e. The van der Waals surface area contributed by atoms with Gasteiger partial charge in [0.2, 0.25) is 11.6 Å². The van der Waals surface area contributed by atoms with Crippen LogP contribution in [0.3, 0.4) is 0 Å². The van der Waals surface area contributed by atoms with Crippen LogP contribution in [0, 0.1) is 10.1 Å². The second kappa shape index (κ2) is 9.64. The highest BCUT2D eigenvalue weighted by Gasteiger charge is 2.29. The van der Waals surface area contributed by atoms with Gasteiger partial charge in [-0.25, -0.2) is 9.97 Å². The molecule has 0 spiro atoms. The number of nitrogens with zero attached hydrogens (tertiary/aromatic N) is 5. The van der Waals surface area contributed by atoms with Gasteiger partial charge >= 0.3 is 5.69 Å². The molecule has 150 valence electrons. The third-order valence-corrected chi connectivity index (χ3v) is 4.76. The highest BCUT2D eigenvalue weighted by molar-refractivity contribution is 5.71. The molecular weight excluding hydrogens is 366 g/mol. The average Bonchev–Trinajstić information content (AvgIpc) is 2.76. The molecule has 0 saturated heterocycles. The Labute approximate surface area is 170 Å². The third kappa shape index (κ3) is 4.87. The maximum absolute atomic E-state index is 12.1. The van der Waals surface area contributed by atoms with Crippen molar-refractivity contribution < 1.29 is 4.92 Å². The first kappa shape index (κ1) is 20.3. The van der Waals surface area contributed by atoms with E-state index >= 15 is 0 Å². The summed E-state index contributed by atoms with van der Waals surface area (Å²) in [5.74, 6) is 0.690. The Kier molecular flexibility index (Phi) is 6.73. The summed E-state index contributed by atoms with van der Waals surface area (Å²) in [5, 5.41) is 12.1. The predicted octanol–water partition coefficient (Wildman–Crippen LogP) is 4.44. The molecule has 0 saturated carbocycles. The van der Waals surface area contributed by atoms with Gasteiger partial charge in [-0.1, -0.05) is 60.7 Å². The zero-order chi connectivity index (χ0) is 20.6. The molecule has 7 heteroatoms. The van der Waals surface area contributed by atoms with Gasteiger partial charge in [0.05, 0.1) is 4.92 Å². The summed E-state index contributed by atoms with van der Waals surface area (Å²) in [6, 6.07) is 19.8. The number of hydrogen-bond donors (Lipinski definition) is 0. The molecule has 1 heterocycles. The van der Waals surface area contributed by atoms with E-state index in [2.05, 4.69) is 9.97 Å². The van der Waals surface area contributed by atoms with E-state index in [0.717, 1.165) is 11.1 Å². The Bertz CT molecular complexity index is 867. The summed E-state index contributed by atoms with van der Waals surface area (Å²) < 4.78 is 0. The van der Waals surface area contributed by atoms with Crippen molar-refractivity contribution in [1.29, 1.82) is 0 Å². The van der Waals surface area contributed by atoms with E-state index in [1.54, 1.807) is 0 Å². The van der Waals surface area contributed by atoms with Crippen LogP contribution >= 0.6 is 0 Å². The first-order chi connectivity index (χ1) is 14.1. The van der Waals surface area contributed by atoms with Gasteiger partial charge < -0.3 is 9.80 Å². The second-order valence-corrected chi connectivity index (χ2v) is 6.63. The van der Waals surface area contributed by atoms with Gasteiger partial charge in [-0.05, 0) is 25.0 Å². The predicted molar refractivity (Wildman–Crippen MR) is 115 cm³/mol. The minimum absolute atomic E-state index is 0.0527. The lowest BCUT2D eigenvalue weighted by Gasteiger charge is -2.25. The SMILES string of the molecule is CCN(Cc1ccccc1)c1ncnc(N(CC)Cc2ccccc2)c1[N+](=O)[O-]. The van der Waals surface area contributed by atoms with Crippen LogP contribution < -0.4 is 9.80 Å². The summed E-state index contributed by atoms with van der Waals surface area (Å²) in [6.45, 7) is 6.21. The zero-order valence-electron chi connectivity index (χ0n) is 16.7. The molecule has 7 nitrogen and oxygen atoms in total. The van der Waals surface area contributed by atoms with E-state index in [4.69, 9.17) is 0 Å². The van der Waals surface area contributed by atoms with Crippen molar-refractivity contribution in [3.05, 3.63) is 88.2 Å². The molecule has 1 aromatic heterocycles. The lowest BCUT2D eigenvalue weighted by Crippen LogP contribution is -2.28. The molecule has 3 aromatic rings. The van der Waals surface area contributed by atoms with Crippen LogP contribution in [-0.4, -0.2) is 28.0 Å². The topological polar surface area (TPSA) is 75.4 Å². The zero-order valence-corrected chi connectivity index (χ0v) is 16.7. The molecule has 0 unspecified atom stereocenters. The molecular formula is C22H25N5O2. The molecule has 29 heavy (non-hydrogen) atoms. The van der Waals surface area contributed by atoms with Crippen LogP contribution in [0.1, 0.15) is 25.0 Å². The number of benzene rings is 2. The van der Waals surface area contributed by atoms with Crippen molar-refractivity contribution in [3.8, 4) is 0 Å². The van der Waals surface area contributed by atoms with Crippen molar-refractivity contribution in [2.45, 2.75) is 26.9 Å². The van der Waals surface area contributed by atoms with Crippen molar-refractivity contribution in [2.24, 2.45) is 0 Å². The van der Waals surface area contributed by atoms with E-state index in [-0.39, 0.29) is 10.6 Å². The Balaban J connectivity index is 1.99. The van der Waals surface area contributed by atoms with Crippen LogP contribution in [0.15, 0.2) is 67.0 Å². The normalized spacial score (nSPS) is 10.6. The molecule has 0 aliphatic carbocycles. The molecule has 0 aliphatic rings. The van der Waals surface area contributed by atoms with E-state index in [1.807, 2.05) is 84.3 Å². The maximum atomic E-state index is 12.1. The molecule has 0 radical (unpaired) electrons. The number of nitro groups is 1. The van der Waals surface area contributed by atoms with Crippen LogP contribution in [0.4, 0.5) is 17.3 Å². The molecule has 0 fully saturated rings. The van der Waals surface area contributed by atoms with Crippen LogP contribution in [0.2, 0.25) is 0 Å². The van der Waals surface area contributed by atoms with Gasteiger partial charge in [0, 0.05) is 26.2 Å². The second-order valence-electron chi connectivity index (χ2n) is 6.63. The number of anilines is 2. The van der Waals surface area contributed by atoms with Gasteiger partial charge in [-0.3, -0.25) is 10.1 Å². The van der Waals surface area contributed by atoms with Gasteiger partial charge in [0.15, 0.2) is 0 Å². The van der Waals surface area contributed by atoms with Gasteiger partial charge in [0.1, 0.15) is 6.33 Å². The fourth-order valence-electron chi connectivity index (χ4n) is 3.27. The Morgan fingerprint density at radius 1 is 0.793 bits per heavy atom. The van der Waals surface area contributed by atoms with Crippen molar-refractivity contribution in [3.63, 3.8) is 0 Å². The Morgan fingerprint density at radius 3 is 1.55 bits per heavy atom. The smallest absolute Gasteiger partial charge is 0.347 e. The molecule has 0 amide bonds. The summed E-state index contributed by atoms with van der Waals surface area (Å²) in [5.41, 5.74) is 2.09. The molecule has 0 atom stereocenters. The quantitative estimate of drug-likeness (QED) is 0.397. The number of rotatable bonds is 9. The Hall–Kier alpha value is -3.48. The number of aromatic nitrogens is 2. The lowest BCUT2D eigenvalue weighted by atomic mass is 10.2. The molecule has 0 bridgehead atoms. The molecule has 2 aromatic carbocycles. The van der Waals surface area contributed by atoms with Crippen molar-refractivity contribution >= 4 is 17.3 Å². The molecule has 3 rings (SSSR count). The monoisotopic (exact) mass is 391 g/mol. The first-order valence-corrected chi connectivity index (χ1v) is 9.71. The van der Waals surface area contributed by atoms with E-state index in [0.29, 0.717) is 37.8 Å². The summed E-state index contributed by atoms with van der Waals surface area (Å²) in [6.07, 6.45) is 1.42.